The zero-order valence-corrected chi connectivity index (χ0v) is 12.0. The molecule has 0 amide bonds. The Kier molecular flexibility index (Phi) is 4.61. The maximum Gasteiger partial charge on any atom is 0.131 e. The normalized spacial score (nSPS) is 21.4. The second-order valence-corrected chi connectivity index (χ2v) is 5.22. The number of likely N-dealkylation sites (N-methyl/N-ethyl adjacent to an activating group) is 1. The van der Waals surface area contributed by atoms with Gasteiger partial charge in [0.2, 0.25) is 0 Å². The van der Waals surface area contributed by atoms with Crippen LogP contribution in [0.5, 0.6) is 0 Å². The highest BCUT2D eigenvalue weighted by molar-refractivity contribution is 6.30. The first-order valence-corrected chi connectivity index (χ1v) is 6.64. The molecule has 6 heteroatoms. The van der Waals surface area contributed by atoms with Crippen LogP contribution < -0.4 is 5.32 Å². The molecule has 1 aliphatic rings. The predicted molar refractivity (Wildman–Crippen MR) is 71.9 cm³/mol. The molecule has 0 bridgehead atoms. The topological polar surface area (TPSA) is 42.3 Å². The third-order valence-corrected chi connectivity index (χ3v) is 3.76. The fraction of sp³-hybridized carbons (Fsp3) is 0.750. The van der Waals surface area contributed by atoms with Gasteiger partial charge in [-0.3, -0.25) is 4.68 Å². The van der Waals surface area contributed by atoms with E-state index in [-0.39, 0.29) is 6.10 Å². The van der Waals surface area contributed by atoms with E-state index in [4.69, 9.17) is 16.3 Å². The highest BCUT2D eigenvalue weighted by atomic mass is 35.5. The van der Waals surface area contributed by atoms with Crippen LogP contribution in [0.3, 0.4) is 0 Å². The molecule has 0 radical (unpaired) electrons. The van der Waals surface area contributed by atoms with Crippen LogP contribution >= 0.6 is 11.6 Å². The molecule has 0 unspecified atom stereocenters. The van der Waals surface area contributed by atoms with Gasteiger partial charge in [-0.15, -0.1) is 0 Å². The van der Waals surface area contributed by atoms with Crippen LogP contribution in [0.15, 0.2) is 0 Å². The summed E-state index contributed by atoms with van der Waals surface area (Å²) in [4.78, 5) is 2.29. The fourth-order valence-corrected chi connectivity index (χ4v) is 2.46. The number of aromatic nitrogens is 2. The van der Waals surface area contributed by atoms with Gasteiger partial charge >= 0.3 is 0 Å². The molecule has 1 fully saturated rings. The van der Waals surface area contributed by atoms with Gasteiger partial charge in [0, 0.05) is 38.8 Å². The van der Waals surface area contributed by atoms with E-state index >= 15 is 0 Å². The number of ether oxygens (including phenoxy) is 1. The second-order valence-electron chi connectivity index (χ2n) is 4.86. The van der Waals surface area contributed by atoms with Crippen molar-refractivity contribution in [2.75, 3.05) is 33.3 Å². The van der Waals surface area contributed by atoms with Gasteiger partial charge in [-0.25, -0.2) is 0 Å². The molecule has 1 aliphatic heterocycles. The molecule has 0 spiro atoms. The van der Waals surface area contributed by atoms with E-state index in [9.17, 15) is 0 Å². The van der Waals surface area contributed by atoms with E-state index in [1.807, 2.05) is 14.0 Å². The molecule has 1 saturated heterocycles. The standard InChI is InChI=1S/C12H21ClN4O/c1-9-11(12(13)17(3)15-9)7-14-6-10-8-16(2)4-5-18-10/h10,14H,4-8H2,1-3H3/t10-/m1/s1. The summed E-state index contributed by atoms with van der Waals surface area (Å²) in [6, 6.07) is 0. The van der Waals surface area contributed by atoms with Crippen molar-refractivity contribution in [2.24, 2.45) is 7.05 Å². The molecular weight excluding hydrogens is 252 g/mol. The van der Waals surface area contributed by atoms with Crippen LogP contribution in [0.25, 0.3) is 0 Å². The number of aryl methyl sites for hydroxylation is 2. The van der Waals surface area contributed by atoms with Gasteiger partial charge in [-0.05, 0) is 14.0 Å². The third kappa shape index (κ3) is 3.23. The van der Waals surface area contributed by atoms with Crippen LogP contribution in [0, 0.1) is 6.92 Å². The number of halogens is 1. The Bertz CT molecular complexity index is 407. The Morgan fingerprint density at radius 3 is 2.89 bits per heavy atom. The zero-order chi connectivity index (χ0) is 13.1. The van der Waals surface area contributed by atoms with Crippen molar-refractivity contribution in [2.45, 2.75) is 19.6 Å². The molecule has 0 saturated carbocycles. The first-order valence-electron chi connectivity index (χ1n) is 6.26. The SMILES string of the molecule is Cc1nn(C)c(Cl)c1CNC[C@@H]1CN(C)CCO1. The molecule has 2 heterocycles. The smallest absolute Gasteiger partial charge is 0.131 e. The van der Waals surface area contributed by atoms with Gasteiger partial charge < -0.3 is 15.0 Å². The summed E-state index contributed by atoms with van der Waals surface area (Å²) in [5.41, 5.74) is 2.06. The number of morpholine rings is 1. The van der Waals surface area contributed by atoms with E-state index < -0.39 is 0 Å². The van der Waals surface area contributed by atoms with Gasteiger partial charge in [0.1, 0.15) is 5.15 Å². The van der Waals surface area contributed by atoms with E-state index in [1.54, 1.807) is 4.68 Å². The Morgan fingerprint density at radius 1 is 1.50 bits per heavy atom. The first kappa shape index (κ1) is 13.8. The largest absolute Gasteiger partial charge is 0.374 e. The minimum atomic E-state index is 0.263. The van der Waals surface area contributed by atoms with E-state index in [2.05, 4.69) is 22.4 Å². The molecule has 102 valence electrons. The molecule has 1 atom stereocenters. The highest BCUT2D eigenvalue weighted by Crippen LogP contribution is 2.18. The molecular formula is C12H21ClN4O. The van der Waals surface area contributed by atoms with Crippen molar-refractivity contribution in [3.05, 3.63) is 16.4 Å². The van der Waals surface area contributed by atoms with E-state index in [0.717, 1.165) is 44.0 Å². The van der Waals surface area contributed by atoms with Crippen molar-refractivity contribution in [3.8, 4) is 0 Å². The minimum Gasteiger partial charge on any atom is -0.374 e. The summed E-state index contributed by atoms with van der Waals surface area (Å²) >= 11 is 6.18. The summed E-state index contributed by atoms with van der Waals surface area (Å²) < 4.78 is 7.40. The maximum absolute atomic E-state index is 6.18. The molecule has 1 aromatic heterocycles. The average Bonchev–Trinajstić information content (AvgIpc) is 2.56. The number of hydrogen-bond acceptors (Lipinski definition) is 4. The van der Waals surface area contributed by atoms with Crippen molar-refractivity contribution in [1.29, 1.82) is 0 Å². The second kappa shape index (κ2) is 6.02. The summed E-state index contributed by atoms with van der Waals surface area (Å²) in [6.45, 7) is 6.37. The summed E-state index contributed by atoms with van der Waals surface area (Å²) in [5.74, 6) is 0. The Morgan fingerprint density at radius 2 is 2.28 bits per heavy atom. The lowest BCUT2D eigenvalue weighted by Gasteiger charge is -2.30. The summed E-state index contributed by atoms with van der Waals surface area (Å²) in [6.07, 6.45) is 0.263. The summed E-state index contributed by atoms with van der Waals surface area (Å²) in [7, 11) is 3.98. The Hall–Kier alpha value is -0.620. The van der Waals surface area contributed by atoms with Gasteiger partial charge in [-0.1, -0.05) is 11.6 Å². The Labute approximate surface area is 113 Å². The van der Waals surface area contributed by atoms with Gasteiger partial charge in [0.05, 0.1) is 18.4 Å². The van der Waals surface area contributed by atoms with Crippen LogP contribution in [0.2, 0.25) is 5.15 Å². The lowest BCUT2D eigenvalue weighted by atomic mass is 10.2. The highest BCUT2D eigenvalue weighted by Gasteiger charge is 2.17. The van der Waals surface area contributed by atoms with Gasteiger partial charge in [0.25, 0.3) is 0 Å². The van der Waals surface area contributed by atoms with Crippen LogP contribution in [-0.2, 0) is 18.3 Å². The molecule has 1 aromatic rings. The zero-order valence-electron chi connectivity index (χ0n) is 11.2. The summed E-state index contributed by atoms with van der Waals surface area (Å²) in [5, 5.41) is 8.40. The number of rotatable bonds is 4. The maximum atomic E-state index is 6.18. The monoisotopic (exact) mass is 272 g/mol. The van der Waals surface area contributed by atoms with Gasteiger partial charge in [-0.2, -0.15) is 5.10 Å². The van der Waals surface area contributed by atoms with Crippen LogP contribution in [0.4, 0.5) is 0 Å². The first-order chi connectivity index (χ1) is 8.58. The number of nitrogens with one attached hydrogen (secondary N) is 1. The molecule has 1 N–H and O–H groups in total. The predicted octanol–water partition coefficient (Wildman–Crippen LogP) is 0.802. The molecule has 18 heavy (non-hydrogen) atoms. The lowest BCUT2D eigenvalue weighted by molar-refractivity contribution is -0.0182. The van der Waals surface area contributed by atoms with Crippen molar-refractivity contribution < 1.29 is 4.74 Å². The molecule has 0 aliphatic carbocycles. The number of hydrogen-bond donors (Lipinski definition) is 1. The molecule has 0 aromatic carbocycles. The molecule has 5 nitrogen and oxygen atoms in total. The minimum absolute atomic E-state index is 0.263. The van der Waals surface area contributed by atoms with Crippen molar-refractivity contribution in [3.63, 3.8) is 0 Å². The lowest BCUT2D eigenvalue weighted by Crippen LogP contribution is -2.44. The third-order valence-electron chi connectivity index (χ3n) is 3.29. The van der Waals surface area contributed by atoms with Crippen molar-refractivity contribution >= 4 is 11.6 Å². The molecule has 2 rings (SSSR count). The fourth-order valence-electron chi connectivity index (χ4n) is 2.22. The average molecular weight is 273 g/mol. The van der Waals surface area contributed by atoms with E-state index in [1.165, 1.54) is 0 Å². The van der Waals surface area contributed by atoms with Crippen LogP contribution in [-0.4, -0.2) is 54.1 Å². The number of nitrogens with zero attached hydrogens (tertiary/aromatic N) is 3. The van der Waals surface area contributed by atoms with Gasteiger partial charge in [0.15, 0.2) is 0 Å². The van der Waals surface area contributed by atoms with Crippen molar-refractivity contribution in [1.82, 2.24) is 20.0 Å². The Balaban J connectivity index is 1.81. The van der Waals surface area contributed by atoms with E-state index in [0.29, 0.717) is 5.15 Å². The quantitative estimate of drug-likeness (QED) is 0.881. The van der Waals surface area contributed by atoms with Crippen LogP contribution in [0.1, 0.15) is 11.3 Å².